The number of para-hydroxylation sites is 1. The highest BCUT2D eigenvalue weighted by atomic mass is 16.6. The lowest BCUT2D eigenvalue weighted by Crippen LogP contribution is -2.26. The van der Waals surface area contributed by atoms with E-state index in [1.54, 1.807) is 30.3 Å². The molecule has 0 saturated heterocycles. The average molecular weight is 352 g/mol. The molecule has 0 saturated carbocycles. The van der Waals surface area contributed by atoms with Crippen LogP contribution < -0.4 is 5.56 Å². The van der Waals surface area contributed by atoms with Crippen molar-refractivity contribution in [1.82, 2.24) is 15.0 Å². The first kappa shape index (κ1) is 17.0. The molecule has 3 aromatic rings. The Morgan fingerprint density at radius 1 is 1.19 bits per heavy atom. The number of nitrogens with zero attached hydrogens (tertiary/aromatic N) is 4. The Morgan fingerprint density at radius 3 is 2.73 bits per heavy atom. The Kier molecular flexibility index (Phi) is 4.79. The van der Waals surface area contributed by atoms with Gasteiger partial charge in [-0.25, -0.2) is 4.79 Å². The topological polar surface area (TPSA) is 117 Å². The normalized spacial score (nSPS) is 10.9. The number of benzene rings is 2. The van der Waals surface area contributed by atoms with Crippen LogP contribution in [0.15, 0.2) is 59.4 Å². The lowest BCUT2D eigenvalue weighted by Gasteiger charge is -2.04. The van der Waals surface area contributed by atoms with E-state index in [9.17, 15) is 19.7 Å². The molecule has 26 heavy (non-hydrogen) atoms. The Morgan fingerprint density at radius 2 is 1.92 bits per heavy atom. The molecule has 0 atom stereocenters. The third-order valence-corrected chi connectivity index (χ3v) is 3.49. The van der Waals surface area contributed by atoms with Crippen molar-refractivity contribution >= 4 is 28.6 Å². The summed E-state index contributed by atoms with van der Waals surface area (Å²) in [6.07, 6.45) is 2.32. The lowest BCUT2D eigenvalue weighted by atomic mass is 10.1. The van der Waals surface area contributed by atoms with Crippen LogP contribution in [0.25, 0.3) is 17.0 Å². The summed E-state index contributed by atoms with van der Waals surface area (Å²) >= 11 is 0. The predicted octanol–water partition coefficient (Wildman–Crippen LogP) is 1.91. The molecule has 0 aliphatic rings. The predicted molar refractivity (Wildman–Crippen MR) is 92.0 cm³/mol. The van der Waals surface area contributed by atoms with E-state index >= 15 is 0 Å². The van der Waals surface area contributed by atoms with E-state index in [0.29, 0.717) is 10.9 Å². The summed E-state index contributed by atoms with van der Waals surface area (Å²) in [5.41, 5.74) is 0.132. The summed E-state index contributed by atoms with van der Waals surface area (Å²) < 4.78 is 5.86. The highest BCUT2D eigenvalue weighted by Crippen LogP contribution is 2.18. The smallest absolute Gasteiger partial charge is 0.332 e. The van der Waals surface area contributed by atoms with Crippen molar-refractivity contribution in [2.24, 2.45) is 0 Å². The van der Waals surface area contributed by atoms with E-state index in [1.165, 1.54) is 24.3 Å². The van der Waals surface area contributed by atoms with E-state index in [2.05, 4.69) is 10.3 Å². The maximum absolute atomic E-state index is 12.2. The van der Waals surface area contributed by atoms with Gasteiger partial charge in [0.15, 0.2) is 6.73 Å². The zero-order chi connectivity index (χ0) is 18.5. The SMILES string of the molecule is O=C(C=Cc1ccccc1[N+](=O)[O-])OCn1nnc2ccccc2c1=O. The number of hydrogen-bond donors (Lipinski definition) is 0. The Hall–Kier alpha value is -3.88. The van der Waals surface area contributed by atoms with Crippen LogP contribution in [0.2, 0.25) is 0 Å². The fourth-order valence-corrected chi connectivity index (χ4v) is 2.23. The van der Waals surface area contributed by atoms with E-state index in [0.717, 1.165) is 10.8 Å². The first-order valence-electron chi connectivity index (χ1n) is 7.47. The maximum atomic E-state index is 12.2. The van der Waals surface area contributed by atoms with Crippen LogP contribution in [-0.2, 0) is 16.3 Å². The highest BCUT2D eigenvalue weighted by molar-refractivity contribution is 5.87. The van der Waals surface area contributed by atoms with Gasteiger partial charge < -0.3 is 4.74 Å². The molecule has 0 N–H and O–H groups in total. The quantitative estimate of drug-likeness (QED) is 0.298. The van der Waals surface area contributed by atoms with Crippen molar-refractivity contribution in [2.75, 3.05) is 0 Å². The molecule has 0 bridgehead atoms. The molecule has 9 heteroatoms. The molecule has 3 rings (SSSR count). The highest BCUT2D eigenvalue weighted by Gasteiger charge is 2.10. The summed E-state index contributed by atoms with van der Waals surface area (Å²) in [5, 5.41) is 18.9. The molecule has 0 unspecified atom stereocenters. The Labute approximate surface area is 146 Å². The molecule has 2 aromatic carbocycles. The first-order chi connectivity index (χ1) is 12.6. The molecular weight excluding hydrogens is 340 g/mol. The van der Waals surface area contributed by atoms with Crippen LogP contribution in [0, 0.1) is 10.1 Å². The molecular formula is C17H12N4O5. The molecule has 0 radical (unpaired) electrons. The Balaban J connectivity index is 1.71. The van der Waals surface area contributed by atoms with Gasteiger partial charge in [0.2, 0.25) is 0 Å². The summed E-state index contributed by atoms with van der Waals surface area (Å²) in [4.78, 5) is 34.4. The number of fused-ring (bicyclic) bond motifs is 1. The maximum Gasteiger partial charge on any atom is 0.332 e. The molecule has 1 aromatic heterocycles. The van der Waals surface area contributed by atoms with Crippen LogP contribution in [0.4, 0.5) is 5.69 Å². The molecule has 0 spiro atoms. The standard InChI is InChI=1S/C17H12N4O5/c22-16(10-9-12-5-1-4-8-15(12)21(24)25)26-11-20-17(23)13-6-2-3-7-14(13)18-19-20/h1-10H,11H2. The minimum Gasteiger partial charge on any atom is -0.439 e. The molecule has 9 nitrogen and oxygen atoms in total. The number of nitro benzene ring substituents is 1. The second-order valence-electron chi connectivity index (χ2n) is 5.15. The van der Waals surface area contributed by atoms with Crippen molar-refractivity contribution in [3.8, 4) is 0 Å². The van der Waals surface area contributed by atoms with Crippen LogP contribution in [0.3, 0.4) is 0 Å². The molecule has 1 heterocycles. The van der Waals surface area contributed by atoms with Crippen LogP contribution in [0.1, 0.15) is 5.56 Å². The van der Waals surface area contributed by atoms with E-state index in [4.69, 9.17) is 4.74 Å². The van der Waals surface area contributed by atoms with Gasteiger partial charge in [-0.3, -0.25) is 14.9 Å². The minimum atomic E-state index is -0.773. The average Bonchev–Trinajstić information content (AvgIpc) is 2.66. The second kappa shape index (κ2) is 7.34. The van der Waals surface area contributed by atoms with Gasteiger partial charge in [0.25, 0.3) is 11.2 Å². The second-order valence-corrected chi connectivity index (χ2v) is 5.15. The summed E-state index contributed by atoms with van der Waals surface area (Å²) in [6, 6.07) is 12.6. The number of carbonyl (C=O) groups excluding carboxylic acids is 1. The van der Waals surface area contributed by atoms with Crippen molar-refractivity contribution < 1.29 is 14.5 Å². The van der Waals surface area contributed by atoms with Crippen LogP contribution in [-0.4, -0.2) is 25.9 Å². The summed E-state index contributed by atoms with van der Waals surface area (Å²) in [6.45, 7) is -0.420. The van der Waals surface area contributed by atoms with Gasteiger partial charge >= 0.3 is 5.97 Å². The summed E-state index contributed by atoms with van der Waals surface area (Å²) in [7, 11) is 0. The van der Waals surface area contributed by atoms with E-state index in [1.807, 2.05) is 0 Å². The van der Waals surface area contributed by atoms with Gasteiger partial charge in [-0.2, -0.15) is 4.68 Å². The van der Waals surface area contributed by atoms with Crippen LogP contribution >= 0.6 is 0 Å². The van der Waals surface area contributed by atoms with E-state index < -0.39 is 23.2 Å². The zero-order valence-corrected chi connectivity index (χ0v) is 13.3. The van der Waals surface area contributed by atoms with Crippen molar-refractivity contribution in [3.05, 3.63) is 80.6 Å². The number of aromatic nitrogens is 3. The fraction of sp³-hybridized carbons (Fsp3) is 0.0588. The monoisotopic (exact) mass is 352 g/mol. The molecule has 0 fully saturated rings. The fourth-order valence-electron chi connectivity index (χ4n) is 2.23. The van der Waals surface area contributed by atoms with Crippen molar-refractivity contribution in [3.63, 3.8) is 0 Å². The molecule has 130 valence electrons. The summed E-state index contributed by atoms with van der Waals surface area (Å²) in [5.74, 6) is -0.773. The number of hydrogen-bond acceptors (Lipinski definition) is 7. The molecule has 0 aliphatic carbocycles. The van der Waals surface area contributed by atoms with E-state index in [-0.39, 0.29) is 11.3 Å². The van der Waals surface area contributed by atoms with Gasteiger partial charge in [0.05, 0.1) is 15.9 Å². The van der Waals surface area contributed by atoms with Gasteiger partial charge in [0, 0.05) is 12.1 Å². The van der Waals surface area contributed by atoms with Crippen LogP contribution in [0.5, 0.6) is 0 Å². The van der Waals surface area contributed by atoms with Gasteiger partial charge in [-0.05, 0) is 24.3 Å². The number of nitro groups is 1. The third-order valence-electron chi connectivity index (χ3n) is 3.49. The lowest BCUT2D eigenvalue weighted by molar-refractivity contribution is -0.385. The first-order valence-corrected chi connectivity index (χ1v) is 7.47. The van der Waals surface area contributed by atoms with Crippen molar-refractivity contribution in [1.29, 1.82) is 0 Å². The third kappa shape index (κ3) is 3.61. The number of rotatable bonds is 5. The number of carbonyl (C=O) groups is 1. The Bertz CT molecular complexity index is 1070. The van der Waals surface area contributed by atoms with Gasteiger partial charge in [-0.1, -0.05) is 29.5 Å². The molecule has 0 aliphatic heterocycles. The largest absolute Gasteiger partial charge is 0.439 e. The van der Waals surface area contributed by atoms with Crippen molar-refractivity contribution in [2.45, 2.75) is 6.73 Å². The molecule has 0 amide bonds. The van der Waals surface area contributed by atoms with Gasteiger partial charge in [-0.15, -0.1) is 5.10 Å². The minimum absolute atomic E-state index is 0.131. The zero-order valence-electron chi connectivity index (χ0n) is 13.3. The van der Waals surface area contributed by atoms with Gasteiger partial charge in [0.1, 0.15) is 5.52 Å². The number of esters is 1. The number of ether oxygens (including phenoxy) is 1.